The lowest BCUT2D eigenvalue weighted by molar-refractivity contribution is 0.583. The minimum atomic E-state index is -3.46. The highest BCUT2D eigenvalue weighted by Crippen LogP contribution is 2.30. The van der Waals surface area contributed by atoms with Gasteiger partial charge in [-0.15, -0.1) is 11.3 Å². The molecule has 2 rings (SSSR count). The van der Waals surface area contributed by atoms with Crippen molar-refractivity contribution in [1.82, 2.24) is 4.72 Å². The van der Waals surface area contributed by atoms with E-state index in [4.69, 9.17) is 5.73 Å². The van der Waals surface area contributed by atoms with Crippen molar-refractivity contribution in [2.24, 2.45) is 5.73 Å². The maximum Gasteiger partial charge on any atom is 0.250 e. The minimum absolute atomic E-state index is 0.266. The third-order valence-electron chi connectivity index (χ3n) is 2.82. The van der Waals surface area contributed by atoms with Gasteiger partial charge in [0.05, 0.1) is 3.79 Å². The van der Waals surface area contributed by atoms with Crippen LogP contribution in [0.4, 0.5) is 0 Å². The molecule has 0 aliphatic rings. The van der Waals surface area contributed by atoms with Crippen LogP contribution in [0.3, 0.4) is 0 Å². The Bertz CT molecular complexity index is 674. The van der Waals surface area contributed by atoms with Crippen LogP contribution >= 0.6 is 27.3 Å². The minimum Gasteiger partial charge on any atom is -0.326 e. The standard InChI is InChI=1S/C13H15BrN2O2S2/c1-9-6-12(19-13(9)14)20(17,18)16-8-11-4-2-10(7-15)3-5-11/h2-6,16H,7-8,15H2,1H3. The van der Waals surface area contributed by atoms with E-state index < -0.39 is 10.0 Å². The van der Waals surface area contributed by atoms with E-state index in [0.29, 0.717) is 10.8 Å². The van der Waals surface area contributed by atoms with Gasteiger partial charge in [-0.1, -0.05) is 24.3 Å². The number of benzene rings is 1. The Balaban J connectivity index is 2.08. The van der Waals surface area contributed by atoms with Crippen molar-refractivity contribution in [3.8, 4) is 0 Å². The number of nitrogens with two attached hydrogens (primary N) is 1. The molecule has 0 aliphatic carbocycles. The zero-order valence-electron chi connectivity index (χ0n) is 10.9. The van der Waals surface area contributed by atoms with E-state index in [9.17, 15) is 8.42 Å². The van der Waals surface area contributed by atoms with Crippen molar-refractivity contribution in [2.45, 2.75) is 24.2 Å². The first kappa shape index (κ1) is 15.7. The number of thiophene rings is 1. The van der Waals surface area contributed by atoms with Gasteiger partial charge in [0.2, 0.25) is 10.0 Å². The summed E-state index contributed by atoms with van der Waals surface area (Å²) in [6, 6.07) is 9.21. The van der Waals surface area contributed by atoms with Gasteiger partial charge in [0, 0.05) is 13.1 Å². The molecule has 0 bridgehead atoms. The smallest absolute Gasteiger partial charge is 0.250 e. The Morgan fingerprint density at radius 1 is 1.25 bits per heavy atom. The van der Waals surface area contributed by atoms with Crippen LogP contribution in [0, 0.1) is 6.92 Å². The zero-order valence-corrected chi connectivity index (χ0v) is 14.1. The molecule has 108 valence electrons. The van der Waals surface area contributed by atoms with Crippen molar-refractivity contribution in [2.75, 3.05) is 0 Å². The fraction of sp³-hybridized carbons (Fsp3) is 0.231. The number of sulfonamides is 1. The SMILES string of the molecule is Cc1cc(S(=O)(=O)NCc2ccc(CN)cc2)sc1Br. The Morgan fingerprint density at radius 3 is 2.35 bits per heavy atom. The number of aryl methyl sites for hydroxylation is 1. The van der Waals surface area contributed by atoms with Gasteiger partial charge in [-0.2, -0.15) is 0 Å². The molecular weight excluding hydrogens is 360 g/mol. The van der Waals surface area contributed by atoms with Crippen molar-refractivity contribution in [1.29, 1.82) is 0 Å². The maximum absolute atomic E-state index is 12.2. The highest BCUT2D eigenvalue weighted by molar-refractivity contribution is 9.11. The molecule has 1 aromatic heterocycles. The van der Waals surface area contributed by atoms with E-state index in [1.807, 2.05) is 31.2 Å². The summed E-state index contributed by atoms with van der Waals surface area (Å²) in [5, 5.41) is 0. The third kappa shape index (κ3) is 3.67. The third-order valence-corrected chi connectivity index (χ3v) is 6.84. The summed E-state index contributed by atoms with van der Waals surface area (Å²) >= 11 is 4.55. The van der Waals surface area contributed by atoms with Gasteiger partial charge in [0.15, 0.2) is 0 Å². The second-order valence-corrected chi connectivity index (χ2v) is 8.73. The van der Waals surface area contributed by atoms with Crippen LogP contribution in [0.1, 0.15) is 16.7 Å². The molecule has 0 saturated heterocycles. The number of hydrogen-bond donors (Lipinski definition) is 2. The van der Waals surface area contributed by atoms with Crippen LogP contribution in [-0.4, -0.2) is 8.42 Å². The molecule has 1 aromatic carbocycles. The van der Waals surface area contributed by atoms with Crippen LogP contribution in [0.2, 0.25) is 0 Å². The summed E-state index contributed by atoms with van der Waals surface area (Å²) in [6.07, 6.45) is 0. The summed E-state index contributed by atoms with van der Waals surface area (Å²) in [4.78, 5) is 0. The molecule has 7 heteroatoms. The van der Waals surface area contributed by atoms with Crippen molar-refractivity contribution < 1.29 is 8.42 Å². The van der Waals surface area contributed by atoms with Crippen molar-refractivity contribution >= 4 is 37.3 Å². The van der Waals surface area contributed by atoms with Gasteiger partial charge < -0.3 is 5.73 Å². The van der Waals surface area contributed by atoms with E-state index in [-0.39, 0.29) is 6.54 Å². The van der Waals surface area contributed by atoms with Crippen molar-refractivity contribution in [3.05, 3.63) is 50.8 Å². The van der Waals surface area contributed by atoms with Crippen LogP contribution in [0.5, 0.6) is 0 Å². The maximum atomic E-state index is 12.2. The summed E-state index contributed by atoms with van der Waals surface area (Å²) in [5.74, 6) is 0. The molecule has 0 spiro atoms. The summed E-state index contributed by atoms with van der Waals surface area (Å²) in [5.41, 5.74) is 8.36. The van der Waals surface area contributed by atoms with Crippen LogP contribution in [0.25, 0.3) is 0 Å². The van der Waals surface area contributed by atoms with E-state index in [0.717, 1.165) is 20.5 Å². The zero-order chi connectivity index (χ0) is 14.8. The average molecular weight is 375 g/mol. The number of hydrogen-bond acceptors (Lipinski definition) is 4. The Morgan fingerprint density at radius 2 is 1.85 bits per heavy atom. The lowest BCUT2D eigenvalue weighted by Gasteiger charge is -2.05. The molecule has 0 atom stereocenters. The molecule has 3 N–H and O–H groups in total. The molecule has 0 fully saturated rings. The topological polar surface area (TPSA) is 72.2 Å². The second kappa shape index (κ2) is 6.36. The highest BCUT2D eigenvalue weighted by atomic mass is 79.9. The Kier molecular flexibility index (Phi) is 4.98. The van der Waals surface area contributed by atoms with Crippen LogP contribution in [-0.2, 0) is 23.1 Å². The van der Waals surface area contributed by atoms with Gasteiger partial charge in [0.1, 0.15) is 4.21 Å². The fourth-order valence-electron chi connectivity index (χ4n) is 1.61. The number of halogens is 1. The summed E-state index contributed by atoms with van der Waals surface area (Å²) < 4.78 is 28.1. The summed E-state index contributed by atoms with van der Waals surface area (Å²) in [7, 11) is -3.46. The molecule has 2 aromatic rings. The number of rotatable bonds is 5. The molecule has 0 aliphatic heterocycles. The van der Waals surface area contributed by atoms with E-state index >= 15 is 0 Å². The predicted octanol–water partition coefficient (Wildman–Crippen LogP) is 2.76. The number of nitrogens with one attached hydrogen (secondary N) is 1. The Labute approximate surface area is 131 Å². The van der Waals surface area contributed by atoms with Gasteiger partial charge in [-0.3, -0.25) is 0 Å². The van der Waals surface area contributed by atoms with E-state index in [2.05, 4.69) is 20.7 Å². The Hall–Kier alpha value is -0.730. The first-order valence-electron chi connectivity index (χ1n) is 5.96. The van der Waals surface area contributed by atoms with Gasteiger partial charge in [0.25, 0.3) is 0 Å². The first-order chi connectivity index (χ1) is 9.42. The molecule has 0 radical (unpaired) electrons. The molecule has 1 heterocycles. The molecule has 20 heavy (non-hydrogen) atoms. The van der Waals surface area contributed by atoms with Gasteiger partial charge in [-0.25, -0.2) is 13.1 Å². The summed E-state index contributed by atoms with van der Waals surface area (Å²) in [6.45, 7) is 2.61. The molecule has 0 amide bonds. The fourth-order valence-corrected chi connectivity index (χ4v) is 4.89. The first-order valence-corrected chi connectivity index (χ1v) is 9.05. The van der Waals surface area contributed by atoms with Gasteiger partial charge >= 0.3 is 0 Å². The van der Waals surface area contributed by atoms with Crippen LogP contribution < -0.4 is 10.5 Å². The molecule has 0 unspecified atom stereocenters. The van der Waals surface area contributed by atoms with E-state index in [1.54, 1.807) is 6.07 Å². The predicted molar refractivity (Wildman–Crippen MR) is 85.1 cm³/mol. The quantitative estimate of drug-likeness (QED) is 0.844. The molecule has 4 nitrogen and oxygen atoms in total. The largest absolute Gasteiger partial charge is 0.326 e. The molecular formula is C13H15BrN2O2S2. The van der Waals surface area contributed by atoms with Gasteiger partial charge in [-0.05, 0) is 45.6 Å². The normalized spacial score (nSPS) is 11.8. The lowest BCUT2D eigenvalue weighted by Crippen LogP contribution is -2.22. The average Bonchev–Trinajstić information content (AvgIpc) is 2.78. The second-order valence-electron chi connectivity index (χ2n) is 4.37. The molecule has 0 saturated carbocycles. The van der Waals surface area contributed by atoms with E-state index in [1.165, 1.54) is 11.3 Å². The van der Waals surface area contributed by atoms with Crippen LogP contribution in [0.15, 0.2) is 38.3 Å². The lowest BCUT2D eigenvalue weighted by atomic mass is 10.1. The highest BCUT2D eigenvalue weighted by Gasteiger charge is 2.17. The van der Waals surface area contributed by atoms with Crippen molar-refractivity contribution in [3.63, 3.8) is 0 Å². The monoisotopic (exact) mass is 374 g/mol.